The molecule has 1 spiro atoms. The van der Waals surface area contributed by atoms with Crippen LogP contribution in [0.3, 0.4) is 0 Å². The van der Waals surface area contributed by atoms with Crippen molar-refractivity contribution in [2.45, 2.75) is 75.7 Å². The van der Waals surface area contributed by atoms with Crippen LogP contribution >= 0.6 is 11.3 Å². The number of likely N-dealkylation sites (tertiary alicyclic amines) is 1. The predicted molar refractivity (Wildman–Crippen MR) is 114 cm³/mol. The molecular formula is C22H27F3N4O3S. The van der Waals surface area contributed by atoms with Gasteiger partial charge >= 0.3 is 6.18 Å². The van der Waals surface area contributed by atoms with E-state index in [1.807, 2.05) is 13.1 Å². The first-order valence-corrected chi connectivity index (χ1v) is 12.0. The van der Waals surface area contributed by atoms with Crippen molar-refractivity contribution in [2.24, 2.45) is 0 Å². The van der Waals surface area contributed by atoms with E-state index in [9.17, 15) is 23.1 Å². The Bertz CT molecular complexity index is 1030. The number of nitrogens with zero attached hydrogens (tertiary/aromatic N) is 3. The van der Waals surface area contributed by atoms with Gasteiger partial charge in [-0.2, -0.15) is 18.3 Å². The minimum absolute atomic E-state index is 0.00341. The molecular weight excluding hydrogens is 457 g/mol. The number of hydrogen-bond donors (Lipinski definition) is 2. The number of ether oxygens (including phenoxy) is 1. The van der Waals surface area contributed by atoms with E-state index in [1.165, 1.54) is 0 Å². The number of alkyl halides is 3. The summed E-state index contributed by atoms with van der Waals surface area (Å²) in [5, 5.41) is 17.5. The standard InChI is InChI=1S/C22H27F3N4O3S/c1-13-7-21(20-16(17(30)12-32-21)6-18(33-20)22(23,24)25)4-5-28(13)9-14-8-26-29(10-14)11-19(31)27-15-2-3-15/h6,8,10,13,15,17,30H,2-5,7,9,11-12H2,1H3,(H,27,31)/t13-,17+,21+/m0/s1. The van der Waals surface area contributed by atoms with Crippen molar-refractivity contribution in [3.8, 4) is 0 Å². The minimum Gasteiger partial charge on any atom is -0.386 e. The lowest BCUT2D eigenvalue weighted by atomic mass is 9.81. The summed E-state index contributed by atoms with van der Waals surface area (Å²) >= 11 is 0.696. The van der Waals surface area contributed by atoms with Crippen molar-refractivity contribution in [2.75, 3.05) is 13.2 Å². The molecule has 1 saturated carbocycles. The molecule has 2 aromatic rings. The van der Waals surface area contributed by atoms with Crippen molar-refractivity contribution in [3.05, 3.63) is 39.3 Å². The number of nitrogens with one attached hydrogen (secondary N) is 1. The summed E-state index contributed by atoms with van der Waals surface area (Å²) in [4.78, 5) is 14.1. The lowest BCUT2D eigenvalue weighted by Crippen LogP contribution is -2.50. The molecule has 0 bridgehead atoms. The lowest BCUT2D eigenvalue weighted by molar-refractivity contribution is -0.139. The summed E-state index contributed by atoms with van der Waals surface area (Å²) in [7, 11) is 0. The number of piperidine rings is 1. The number of aliphatic hydroxyl groups is 1. The van der Waals surface area contributed by atoms with Gasteiger partial charge in [-0.15, -0.1) is 11.3 Å². The summed E-state index contributed by atoms with van der Waals surface area (Å²) in [5.74, 6) is -0.0398. The molecule has 1 saturated heterocycles. The maximum absolute atomic E-state index is 13.3. The second kappa shape index (κ2) is 8.37. The SMILES string of the molecule is C[C@H]1C[C@@]2(CCN1Cc1cnn(CC(=O)NC3CC3)c1)OC[C@@H](O)c1cc(C(F)(F)F)sc12. The molecule has 11 heteroatoms. The summed E-state index contributed by atoms with van der Waals surface area (Å²) in [6.07, 6.45) is 1.32. The number of thiophene rings is 1. The number of rotatable bonds is 5. The van der Waals surface area contributed by atoms with Gasteiger partial charge in [0.1, 0.15) is 23.1 Å². The molecule has 0 aromatic carbocycles. The van der Waals surface area contributed by atoms with Crippen LogP contribution in [0.5, 0.6) is 0 Å². The third-order valence-corrected chi connectivity index (χ3v) is 8.08. The Labute approximate surface area is 193 Å². The van der Waals surface area contributed by atoms with Gasteiger partial charge in [-0.3, -0.25) is 14.4 Å². The van der Waals surface area contributed by atoms with Crippen LogP contribution in [0, 0.1) is 0 Å². The first-order valence-electron chi connectivity index (χ1n) is 11.2. The van der Waals surface area contributed by atoms with Crippen LogP contribution in [0.15, 0.2) is 18.5 Å². The largest absolute Gasteiger partial charge is 0.425 e. The number of amides is 1. The maximum atomic E-state index is 13.3. The van der Waals surface area contributed by atoms with E-state index in [0.29, 0.717) is 53.8 Å². The van der Waals surface area contributed by atoms with Crippen LogP contribution in [-0.4, -0.2) is 50.9 Å². The molecule has 1 aliphatic carbocycles. The van der Waals surface area contributed by atoms with Crippen LogP contribution in [0.2, 0.25) is 0 Å². The number of aliphatic hydroxyl groups excluding tert-OH is 1. The Kier molecular flexibility index (Phi) is 5.79. The Balaban J connectivity index is 1.26. The maximum Gasteiger partial charge on any atom is 0.425 e. The highest BCUT2D eigenvalue weighted by Gasteiger charge is 2.48. The zero-order valence-electron chi connectivity index (χ0n) is 18.3. The first kappa shape index (κ1) is 22.8. The third-order valence-electron chi connectivity index (χ3n) is 6.70. The van der Waals surface area contributed by atoms with Crippen molar-refractivity contribution < 1.29 is 27.8 Å². The van der Waals surface area contributed by atoms with Gasteiger partial charge in [-0.1, -0.05) is 0 Å². The molecule has 2 aromatic heterocycles. The Morgan fingerprint density at radius 3 is 2.91 bits per heavy atom. The third kappa shape index (κ3) is 4.68. The molecule has 3 aliphatic rings. The average Bonchev–Trinajstić information content (AvgIpc) is 3.23. The highest BCUT2D eigenvalue weighted by Crippen LogP contribution is 2.51. The van der Waals surface area contributed by atoms with Gasteiger partial charge in [-0.05, 0) is 38.7 Å². The molecule has 0 unspecified atom stereocenters. The van der Waals surface area contributed by atoms with Gasteiger partial charge in [0, 0.05) is 47.4 Å². The molecule has 1 amide bonds. The fourth-order valence-corrected chi connectivity index (χ4v) is 6.09. The Morgan fingerprint density at radius 1 is 1.42 bits per heavy atom. The van der Waals surface area contributed by atoms with E-state index in [1.54, 1.807) is 10.9 Å². The fraction of sp³-hybridized carbons (Fsp3) is 0.636. The van der Waals surface area contributed by atoms with Gasteiger partial charge < -0.3 is 15.2 Å². The zero-order chi connectivity index (χ0) is 23.4. The van der Waals surface area contributed by atoms with Gasteiger partial charge in [-0.25, -0.2) is 0 Å². The topological polar surface area (TPSA) is 79.6 Å². The molecule has 4 heterocycles. The van der Waals surface area contributed by atoms with Crippen molar-refractivity contribution >= 4 is 17.2 Å². The van der Waals surface area contributed by atoms with Crippen LogP contribution < -0.4 is 5.32 Å². The van der Waals surface area contributed by atoms with E-state index >= 15 is 0 Å². The second-order valence-electron chi connectivity index (χ2n) is 9.38. The van der Waals surface area contributed by atoms with Gasteiger partial charge in [0.25, 0.3) is 0 Å². The summed E-state index contributed by atoms with van der Waals surface area (Å²) in [5.41, 5.74) is 0.530. The predicted octanol–water partition coefficient (Wildman–Crippen LogP) is 3.19. The molecule has 5 rings (SSSR count). The van der Waals surface area contributed by atoms with E-state index in [2.05, 4.69) is 15.3 Å². The van der Waals surface area contributed by atoms with Gasteiger partial charge in [0.05, 0.1) is 12.8 Å². The molecule has 3 atom stereocenters. The number of hydrogen-bond acceptors (Lipinski definition) is 6. The number of fused-ring (bicyclic) bond motifs is 2. The molecule has 0 radical (unpaired) electrons. The van der Waals surface area contributed by atoms with Crippen LogP contribution in [0.25, 0.3) is 0 Å². The van der Waals surface area contributed by atoms with E-state index < -0.39 is 22.8 Å². The number of carbonyl (C=O) groups is 1. The number of halogens is 3. The highest BCUT2D eigenvalue weighted by atomic mass is 32.1. The van der Waals surface area contributed by atoms with Crippen molar-refractivity contribution in [1.29, 1.82) is 0 Å². The van der Waals surface area contributed by atoms with E-state index in [-0.39, 0.29) is 25.1 Å². The van der Waals surface area contributed by atoms with Gasteiger partial charge in [0.15, 0.2) is 0 Å². The number of aromatic nitrogens is 2. The van der Waals surface area contributed by atoms with Crippen molar-refractivity contribution in [3.63, 3.8) is 0 Å². The molecule has 2 aliphatic heterocycles. The van der Waals surface area contributed by atoms with Crippen LogP contribution in [0.4, 0.5) is 13.2 Å². The van der Waals surface area contributed by atoms with Crippen LogP contribution in [-0.2, 0) is 34.4 Å². The molecule has 180 valence electrons. The normalized spacial score (nSPS) is 28.2. The smallest absolute Gasteiger partial charge is 0.386 e. The van der Waals surface area contributed by atoms with Crippen molar-refractivity contribution in [1.82, 2.24) is 20.0 Å². The summed E-state index contributed by atoms with van der Waals surface area (Å²) in [6, 6.07) is 1.45. The minimum atomic E-state index is -4.44. The van der Waals surface area contributed by atoms with E-state index in [4.69, 9.17) is 4.74 Å². The average molecular weight is 485 g/mol. The van der Waals surface area contributed by atoms with Crippen LogP contribution in [0.1, 0.15) is 59.6 Å². The first-order chi connectivity index (χ1) is 15.6. The summed E-state index contributed by atoms with van der Waals surface area (Å²) in [6.45, 7) is 3.51. The monoisotopic (exact) mass is 484 g/mol. The highest BCUT2D eigenvalue weighted by molar-refractivity contribution is 7.12. The summed E-state index contributed by atoms with van der Waals surface area (Å²) < 4.78 is 47.7. The van der Waals surface area contributed by atoms with Gasteiger partial charge in [0.2, 0.25) is 5.91 Å². The number of carbonyl (C=O) groups excluding carboxylic acids is 1. The molecule has 7 nitrogen and oxygen atoms in total. The van der Waals surface area contributed by atoms with E-state index in [0.717, 1.165) is 24.5 Å². The lowest BCUT2D eigenvalue weighted by Gasteiger charge is -2.47. The second-order valence-corrected chi connectivity index (χ2v) is 10.4. The Morgan fingerprint density at radius 2 is 2.21 bits per heavy atom. The Hall–Kier alpha value is -1.95. The molecule has 2 N–H and O–H groups in total. The fourth-order valence-electron chi connectivity index (χ4n) is 4.82. The quantitative estimate of drug-likeness (QED) is 0.682. The zero-order valence-corrected chi connectivity index (χ0v) is 19.1. The molecule has 2 fully saturated rings. The molecule has 33 heavy (non-hydrogen) atoms.